The Morgan fingerprint density at radius 1 is 1.36 bits per heavy atom. The zero-order chi connectivity index (χ0) is 15.4. The zero-order valence-corrected chi connectivity index (χ0v) is 13.0. The third-order valence-corrected chi connectivity index (χ3v) is 4.09. The van der Waals surface area contributed by atoms with Gasteiger partial charge in [0.2, 0.25) is 11.1 Å². The van der Waals surface area contributed by atoms with Crippen molar-refractivity contribution in [1.29, 1.82) is 0 Å². The maximum Gasteiger partial charge on any atom is 0.321 e. The molecule has 1 unspecified atom stereocenters. The van der Waals surface area contributed by atoms with Crippen molar-refractivity contribution in [1.82, 2.24) is 25.5 Å². The summed E-state index contributed by atoms with van der Waals surface area (Å²) in [4.78, 5) is 22.6. The van der Waals surface area contributed by atoms with Gasteiger partial charge in [-0.05, 0) is 25.8 Å². The van der Waals surface area contributed by atoms with E-state index in [2.05, 4.69) is 35.7 Å². The fourth-order valence-electron chi connectivity index (χ4n) is 2.40. The maximum absolute atomic E-state index is 12.0. The number of urea groups is 1. The molecule has 2 N–H and O–H groups in total. The maximum atomic E-state index is 12.0. The lowest BCUT2D eigenvalue weighted by molar-refractivity contribution is 0.246. The fourth-order valence-corrected chi connectivity index (χ4v) is 2.98. The number of hydrogen-bond donors (Lipinski definition) is 2. The van der Waals surface area contributed by atoms with Crippen LogP contribution in [0.5, 0.6) is 0 Å². The van der Waals surface area contributed by atoms with Gasteiger partial charge in [-0.25, -0.2) is 14.8 Å². The highest BCUT2D eigenvalue weighted by Crippen LogP contribution is 2.16. The van der Waals surface area contributed by atoms with E-state index in [1.165, 1.54) is 11.3 Å². The Morgan fingerprint density at radius 3 is 2.91 bits per heavy atom. The molecule has 1 atom stereocenters. The molecular formula is C13H17N7OS. The Morgan fingerprint density at radius 2 is 2.18 bits per heavy atom. The molecule has 2 amide bonds. The van der Waals surface area contributed by atoms with Crippen molar-refractivity contribution in [3.63, 3.8) is 0 Å². The summed E-state index contributed by atoms with van der Waals surface area (Å²) in [5.41, 5.74) is 0. The van der Waals surface area contributed by atoms with E-state index < -0.39 is 0 Å². The topological polar surface area (TPSA) is 95.9 Å². The lowest BCUT2D eigenvalue weighted by Gasteiger charge is -2.32. The summed E-state index contributed by atoms with van der Waals surface area (Å²) in [7, 11) is 0. The molecule has 0 saturated carbocycles. The van der Waals surface area contributed by atoms with E-state index in [-0.39, 0.29) is 12.1 Å². The summed E-state index contributed by atoms with van der Waals surface area (Å²) in [6.45, 7) is 3.45. The van der Waals surface area contributed by atoms with E-state index in [0.29, 0.717) is 17.6 Å². The molecule has 0 aliphatic carbocycles. The van der Waals surface area contributed by atoms with Gasteiger partial charge < -0.3 is 10.2 Å². The average molecular weight is 319 g/mol. The van der Waals surface area contributed by atoms with Crippen LogP contribution in [0.15, 0.2) is 18.5 Å². The minimum Gasteiger partial charge on any atom is -0.339 e. The number of piperidine rings is 1. The first-order valence-corrected chi connectivity index (χ1v) is 7.92. The third kappa shape index (κ3) is 3.67. The number of aryl methyl sites for hydroxylation is 1. The molecule has 1 saturated heterocycles. The number of amides is 2. The zero-order valence-electron chi connectivity index (χ0n) is 12.2. The van der Waals surface area contributed by atoms with Gasteiger partial charge in [0.05, 0.1) is 0 Å². The molecule has 9 heteroatoms. The molecule has 8 nitrogen and oxygen atoms in total. The molecule has 0 radical (unpaired) electrons. The molecule has 22 heavy (non-hydrogen) atoms. The first-order valence-electron chi connectivity index (χ1n) is 7.10. The van der Waals surface area contributed by atoms with Crippen LogP contribution in [0.3, 0.4) is 0 Å². The van der Waals surface area contributed by atoms with Crippen LogP contribution in [0.1, 0.15) is 17.8 Å². The van der Waals surface area contributed by atoms with Crippen LogP contribution in [0, 0.1) is 6.92 Å². The van der Waals surface area contributed by atoms with Crippen molar-refractivity contribution in [2.24, 2.45) is 0 Å². The number of hydrogen-bond acceptors (Lipinski definition) is 7. The van der Waals surface area contributed by atoms with Crippen molar-refractivity contribution in [2.45, 2.75) is 25.8 Å². The van der Waals surface area contributed by atoms with Crippen LogP contribution in [0.4, 0.5) is 15.9 Å². The van der Waals surface area contributed by atoms with Gasteiger partial charge in [-0.3, -0.25) is 5.32 Å². The highest BCUT2D eigenvalue weighted by Gasteiger charge is 2.23. The van der Waals surface area contributed by atoms with Crippen LogP contribution >= 0.6 is 11.3 Å². The molecule has 1 aliphatic rings. The molecule has 1 fully saturated rings. The van der Waals surface area contributed by atoms with E-state index in [1.807, 2.05) is 6.92 Å². The monoisotopic (exact) mass is 319 g/mol. The third-order valence-electron chi connectivity index (χ3n) is 3.34. The quantitative estimate of drug-likeness (QED) is 0.888. The van der Waals surface area contributed by atoms with E-state index >= 15 is 0 Å². The van der Waals surface area contributed by atoms with Gasteiger partial charge >= 0.3 is 6.03 Å². The van der Waals surface area contributed by atoms with Crippen LogP contribution in [-0.4, -0.2) is 45.3 Å². The van der Waals surface area contributed by atoms with Gasteiger partial charge in [0.1, 0.15) is 5.01 Å². The normalized spacial score (nSPS) is 18.0. The minimum atomic E-state index is -0.253. The largest absolute Gasteiger partial charge is 0.339 e. The number of carbonyl (C=O) groups is 1. The van der Waals surface area contributed by atoms with Gasteiger partial charge in [0.25, 0.3) is 0 Å². The summed E-state index contributed by atoms with van der Waals surface area (Å²) in [6.07, 6.45) is 5.38. The van der Waals surface area contributed by atoms with Crippen LogP contribution in [0.2, 0.25) is 0 Å². The SMILES string of the molecule is Cc1nnc(NC(=O)NC2CCCN(c3ncccn3)C2)s1. The molecule has 3 heterocycles. The summed E-state index contributed by atoms with van der Waals surface area (Å²) in [5.74, 6) is 0.703. The van der Waals surface area contributed by atoms with Crippen molar-refractivity contribution in [3.05, 3.63) is 23.5 Å². The van der Waals surface area contributed by atoms with E-state index in [9.17, 15) is 4.79 Å². The van der Waals surface area contributed by atoms with Gasteiger partial charge in [0.15, 0.2) is 0 Å². The second kappa shape index (κ2) is 6.65. The average Bonchev–Trinajstić information content (AvgIpc) is 2.93. The van der Waals surface area contributed by atoms with Gasteiger partial charge in [-0.15, -0.1) is 10.2 Å². The van der Waals surface area contributed by atoms with Gasteiger partial charge in [-0.1, -0.05) is 11.3 Å². The molecule has 0 aromatic carbocycles. The summed E-state index contributed by atoms with van der Waals surface area (Å²) in [5, 5.41) is 14.8. The number of rotatable bonds is 3. The molecule has 116 valence electrons. The first-order chi connectivity index (χ1) is 10.7. The second-order valence-corrected chi connectivity index (χ2v) is 6.24. The Balaban J connectivity index is 1.55. The van der Waals surface area contributed by atoms with E-state index in [1.54, 1.807) is 18.5 Å². The number of anilines is 2. The van der Waals surface area contributed by atoms with Crippen LogP contribution in [0.25, 0.3) is 0 Å². The Hall–Kier alpha value is -2.29. The minimum absolute atomic E-state index is 0.0616. The van der Waals surface area contributed by atoms with Crippen molar-refractivity contribution < 1.29 is 4.79 Å². The number of nitrogens with zero attached hydrogens (tertiary/aromatic N) is 5. The smallest absolute Gasteiger partial charge is 0.321 e. The standard InChI is InChI=1S/C13H17N7OS/c1-9-18-19-13(22-9)17-12(21)16-10-4-2-7-20(8-10)11-14-5-3-6-15-11/h3,5-6,10H,2,4,7-8H2,1H3,(H2,16,17,19,21). The predicted molar refractivity (Wildman–Crippen MR) is 84.1 cm³/mol. The molecule has 2 aromatic rings. The number of aromatic nitrogens is 4. The molecule has 0 spiro atoms. The highest BCUT2D eigenvalue weighted by atomic mass is 32.1. The van der Waals surface area contributed by atoms with E-state index in [0.717, 1.165) is 24.4 Å². The van der Waals surface area contributed by atoms with Crippen molar-refractivity contribution in [3.8, 4) is 0 Å². The Labute approximate surface area is 132 Å². The molecule has 3 rings (SSSR count). The molecule has 2 aromatic heterocycles. The molecule has 0 bridgehead atoms. The second-order valence-electron chi connectivity index (χ2n) is 5.06. The summed E-state index contributed by atoms with van der Waals surface area (Å²) < 4.78 is 0. The predicted octanol–water partition coefficient (Wildman–Crippen LogP) is 1.43. The van der Waals surface area contributed by atoms with Crippen molar-refractivity contribution in [2.75, 3.05) is 23.3 Å². The van der Waals surface area contributed by atoms with Gasteiger partial charge in [0, 0.05) is 31.5 Å². The first kappa shape index (κ1) is 14.6. The Bertz CT molecular complexity index is 632. The van der Waals surface area contributed by atoms with Crippen molar-refractivity contribution >= 4 is 28.4 Å². The lowest BCUT2D eigenvalue weighted by atomic mass is 10.1. The lowest BCUT2D eigenvalue weighted by Crippen LogP contribution is -2.49. The fraction of sp³-hybridized carbons (Fsp3) is 0.462. The number of nitrogens with one attached hydrogen (secondary N) is 2. The highest BCUT2D eigenvalue weighted by molar-refractivity contribution is 7.15. The molecule has 1 aliphatic heterocycles. The summed E-state index contributed by atoms with van der Waals surface area (Å²) in [6, 6.07) is 1.60. The van der Waals surface area contributed by atoms with Gasteiger partial charge in [-0.2, -0.15) is 0 Å². The van der Waals surface area contributed by atoms with E-state index in [4.69, 9.17) is 0 Å². The van der Waals surface area contributed by atoms with Crippen LogP contribution < -0.4 is 15.5 Å². The number of carbonyl (C=O) groups excluding carboxylic acids is 1. The van der Waals surface area contributed by atoms with Crippen LogP contribution in [-0.2, 0) is 0 Å². The Kier molecular flexibility index (Phi) is 4.42. The molecular weight excluding hydrogens is 302 g/mol. The summed E-state index contributed by atoms with van der Waals surface area (Å²) >= 11 is 1.35.